The summed E-state index contributed by atoms with van der Waals surface area (Å²) in [4.78, 5) is 15.4. The van der Waals surface area contributed by atoms with Gasteiger partial charge in [0.25, 0.3) is 5.91 Å². The Bertz CT molecular complexity index is 822. The summed E-state index contributed by atoms with van der Waals surface area (Å²) in [6, 6.07) is 9.80. The van der Waals surface area contributed by atoms with Gasteiger partial charge in [-0.3, -0.25) is 4.79 Å². The fourth-order valence-corrected chi connectivity index (χ4v) is 2.60. The second-order valence-corrected chi connectivity index (χ2v) is 5.27. The van der Waals surface area contributed by atoms with Crippen molar-refractivity contribution in [1.29, 1.82) is 0 Å². The maximum atomic E-state index is 13.4. The SMILES string of the molecule is O=C(Nc1cc(Cl)c(F)c(Cl)c1)c1cccc2[nH]ccc12. The first-order chi connectivity index (χ1) is 10.1. The van der Waals surface area contributed by atoms with E-state index in [1.807, 2.05) is 12.1 Å². The highest BCUT2D eigenvalue weighted by Crippen LogP contribution is 2.28. The number of rotatable bonds is 2. The number of halogens is 3. The van der Waals surface area contributed by atoms with Crippen LogP contribution >= 0.6 is 23.2 Å². The lowest BCUT2D eigenvalue weighted by Crippen LogP contribution is -2.12. The average molecular weight is 323 g/mol. The minimum atomic E-state index is -0.705. The van der Waals surface area contributed by atoms with Crippen LogP contribution in [0.3, 0.4) is 0 Å². The second kappa shape index (κ2) is 5.39. The van der Waals surface area contributed by atoms with Gasteiger partial charge < -0.3 is 10.3 Å². The Kier molecular flexibility index (Phi) is 3.57. The topological polar surface area (TPSA) is 44.9 Å². The van der Waals surface area contributed by atoms with Crippen LogP contribution in [0.15, 0.2) is 42.6 Å². The Balaban J connectivity index is 1.95. The van der Waals surface area contributed by atoms with E-state index < -0.39 is 5.82 Å². The number of aromatic amines is 1. The van der Waals surface area contributed by atoms with Crippen molar-refractivity contribution < 1.29 is 9.18 Å². The predicted octanol–water partition coefficient (Wildman–Crippen LogP) is 4.87. The quantitative estimate of drug-likeness (QED) is 0.650. The van der Waals surface area contributed by atoms with Crippen LogP contribution in [-0.2, 0) is 0 Å². The normalized spacial score (nSPS) is 10.8. The Morgan fingerprint density at radius 1 is 1.14 bits per heavy atom. The fraction of sp³-hybridized carbons (Fsp3) is 0. The molecule has 1 heterocycles. The van der Waals surface area contributed by atoms with Crippen LogP contribution in [0.4, 0.5) is 10.1 Å². The molecule has 0 unspecified atom stereocenters. The van der Waals surface area contributed by atoms with Gasteiger partial charge in [0.1, 0.15) is 0 Å². The number of carbonyl (C=O) groups is 1. The van der Waals surface area contributed by atoms with Crippen molar-refractivity contribution in [2.45, 2.75) is 0 Å². The van der Waals surface area contributed by atoms with Gasteiger partial charge in [0.2, 0.25) is 0 Å². The summed E-state index contributed by atoms with van der Waals surface area (Å²) in [6.45, 7) is 0. The molecule has 0 bridgehead atoms. The molecule has 21 heavy (non-hydrogen) atoms. The molecule has 0 radical (unpaired) electrons. The third-order valence-corrected chi connectivity index (χ3v) is 3.63. The van der Waals surface area contributed by atoms with Crippen LogP contribution in [0.5, 0.6) is 0 Å². The molecule has 1 aromatic heterocycles. The zero-order valence-electron chi connectivity index (χ0n) is 10.6. The molecule has 0 aliphatic rings. The molecule has 1 amide bonds. The summed E-state index contributed by atoms with van der Waals surface area (Å²) < 4.78 is 13.4. The fourth-order valence-electron chi connectivity index (χ4n) is 2.11. The summed E-state index contributed by atoms with van der Waals surface area (Å²) >= 11 is 11.4. The van der Waals surface area contributed by atoms with Gasteiger partial charge in [0.05, 0.1) is 10.0 Å². The number of aromatic nitrogens is 1. The van der Waals surface area contributed by atoms with E-state index in [1.165, 1.54) is 12.1 Å². The van der Waals surface area contributed by atoms with Gasteiger partial charge in [-0.2, -0.15) is 0 Å². The van der Waals surface area contributed by atoms with Crippen LogP contribution in [0, 0.1) is 5.82 Å². The minimum Gasteiger partial charge on any atom is -0.361 e. The highest BCUT2D eigenvalue weighted by molar-refractivity contribution is 6.35. The lowest BCUT2D eigenvalue weighted by atomic mass is 10.1. The zero-order valence-corrected chi connectivity index (χ0v) is 12.1. The Labute approximate surface area is 129 Å². The van der Waals surface area contributed by atoms with E-state index in [0.717, 1.165) is 10.9 Å². The Morgan fingerprint density at radius 2 is 1.86 bits per heavy atom. The standard InChI is InChI=1S/C15H9Cl2FN2O/c16-11-6-8(7-12(17)14(11)18)20-15(21)10-2-1-3-13-9(10)4-5-19-13/h1-7,19H,(H,20,21). The maximum Gasteiger partial charge on any atom is 0.256 e. The lowest BCUT2D eigenvalue weighted by molar-refractivity contribution is 0.102. The molecule has 0 fully saturated rings. The molecule has 0 spiro atoms. The predicted molar refractivity (Wildman–Crippen MR) is 82.7 cm³/mol. The highest BCUT2D eigenvalue weighted by Gasteiger charge is 2.13. The van der Waals surface area contributed by atoms with Crippen molar-refractivity contribution >= 4 is 45.7 Å². The molecule has 0 atom stereocenters. The Hall–Kier alpha value is -2.04. The third kappa shape index (κ3) is 2.60. The number of anilines is 1. The second-order valence-electron chi connectivity index (χ2n) is 4.45. The van der Waals surface area contributed by atoms with E-state index in [9.17, 15) is 9.18 Å². The molecular weight excluding hydrogens is 314 g/mol. The third-order valence-electron chi connectivity index (χ3n) is 3.08. The Morgan fingerprint density at radius 3 is 2.57 bits per heavy atom. The molecule has 0 saturated carbocycles. The smallest absolute Gasteiger partial charge is 0.256 e. The average Bonchev–Trinajstić information content (AvgIpc) is 2.92. The van der Waals surface area contributed by atoms with Crippen molar-refractivity contribution in [3.05, 3.63) is 64.0 Å². The first kappa shape index (κ1) is 13.9. The number of benzene rings is 2. The van der Waals surface area contributed by atoms with E-state index in [4.69, 9.17) is 23.2 Å². The lowest BCUT2D eigenvalue weighted by Gasteiger charge is -2.08. The van der Waals surface area contributed by atoms with Crippen molar-refractivity contribution in [1.82, 2.24) is 4.98 Å². The largest absolute Gasteiger partial charge is 0.361 e. The van der Waals surface area contributed by atoms with E-state index in [0.29, 0.717) is 11.3 Å². The van der Waals surface area contributed by atoms with Crippen molar-refractivity contribution in [2.24, 2.45) is 0 Å². The zero-order chi connectivity index (χ0) is 15.0. The number of carbonyl (C=O) groups excluding carboxylic acids is 1. The molecule has 2 N–H and O–H groups in total. The number of nitrogens with one attached hydrogen (secondary N) is 2. The number of fused-ring (bicyclic) bond motifs is 1. The monoisotopic (exact) mass is 322 g/mol. The van der Waals surface area contributed by atoms with Gasteiger partial charge in [0, 0.05) is 28.4 Å². The summed E-state index contributed by atoms with van der Waals surface area (Å²) in [5, 5.41) is 3.18. The molecule has 106 valence electrons. The molecule has 2 aromatic carbocycles. The first-order valence-corrected chi connectivity index (χ1v) is 6.84. The van der Waals surface area contributed by atoms with Crippen LogP contribution in [-0.4, -0.2) is 10.9 Å². The number of hydrogen-bond acceptors (Lipinski definition) is 1. The van der Waals surface area contributed by atoms with Gasteiger partial charge >= 0.3 is 0 Å². The van der Waals surface area contributed by atoms with E-state index in [1.54, 1.807) is 18.3 Å². The molecule has 6 heteroatoms. The van der Waals surface area contributed by atoms with E-state index in [2.05, 4.69) is 10.3 Å². The molecule has 3 rings (SSSR count). The van der Waals surface area contributed by atoms with Crippen LogP contribution in [0.2, 0.25) is 10.0 Å². The highest BCUT2D eigenvalue weighted by atomic mass is 35.5. The molecule has 0 aliphatic heterocycles. The van der Waals surface area contributed by atoms with Gasteiger partial charge in [-0.15, -0.1) is 0 Å². The molecule has 3 nitrogen and oxygen atoms in total. The summed E-state index contributed by atoms with van der Waals surface area (Å²) in [5.74, 6) is -1.02. The van der Waals surface area contributed by atoms with Gasteiger partial charge in [-0.1, -0.05) is 29.3 Å². The number of H-pyrrole nitrogens is 1. The van der Waals surface area contributed by atoms with Gasteiger partial charge in [-0.05, 0) is 30.3 Å². The van der Waals surface area contributed by atoms with Gasteiger partial charge in [-0.25, -0.2) is 4.39 Å². The van der Waals surface area contributed by atoms with Crippen molar-refractivity contribution in [2.75, 3.05) is 5.32 Å². The maximum absolute atomic E-state index is 13.4. The van der Waals surface area contributed by atoms with Crippen LogP contribution in [0.1, 0.15) is 10.4 Å². The molecule has 0 saturated heterocycles. The molecular formula is C15H9Cl2FN2O. The number of hydrogen-bond donors (Lipinski definition) is 2. The minimum absolute atomic E-state index is 0.141. The number of amides is 1. The first-order valence-electron chi connectivity index (χ1n) is 6.08. The van der Waals surface area contributed by atoms with Crippen LogP contribution in [0.25, 0.3) is 10.9 Å². The molecule has 3 aromatic rings. The van der Waals surface area contributed by atoms with Crippen LogP contribution < -0.4 is 5.32 Å². The van der Waals surface area contributed by atoms with Crippen molar-refractivity contribution in [3.8, 4) is 0 Å². The van der Waals surface area contributed by atoms with E-state index in [-0.39, 0.29) is 16.0 Å². The van der Waals surface area contributed by atoms with Gasteiger partial charge in [0.15, 0.2) is 5.82 Å². The molecule has 0 aliphatic carbocycles. The summed E-state index contributed by atoms with van der Waals surface area (Å²) in [6.07, 6.45) is 1.76. The summed E-state index contributed by atoms with van der Waals surface area (Å²) in [7, 11) is 0. The van der Waals surface area contributed by atoms with E-state index >= 15 is 0 Å². The summed E-state index contributed by atoms with van der Waals surface area (Å²) in [5.41, 5.74) is 1.70. The van der Waals surface area contributed by atoms with Crippen molar-refractivity contribution in [3.63, 3.8) is 0 Å².